The number of rotatable bonds is 6. The lowest BCUT2D eigenvalue weighted by Gasteiger charge is -2.32. The molecule has 0 unspecified atom stereocenters. The van der Waals surface area contributed by atoms with Gasteiger partial charge in [-0.3, -0.25) is 4.79 Å². The molecule has 1 N–H and O–H groups in total. The summed E-state index contributed by atoms with van der Waals surface area (Å²) in [5.74, 6) is 2.00. The van der Waals surface area contributed by atoms with Gasteiger partial charge in [0, 0.05) is 31.8 Å². The Balaban J connectivity index is 1.35. The second-order valence-electron chi connectivity index (χ2n) is 7.41. The largest absolute Gasteiger partial charge is 0.437 e. The maximum absolute atomic E-state index is 12.3. The number of nitrogens with zero attached hydrogens (tertiary/aromatic N) is 3. The maximum atomic E-state index is 12.3. The molecule has 2 fully saturated rings. The summed E-state index contributed by atoms with van der Waals surface area (Å²) in [6.07, 6.45) is 5.11. The van der Waals surface area contributed by atoms with Crippen LogP contribution in [0.15, 0.2) is 30.6 Å². The van der Waals surface area contributed by atoms with Gasteiger partial charge in [0.1, 0.15) is 11.6 Å². The molecule has 1 aromatic carbocycles. The highest BCUT2D eigenvalue weighted by Crippen LogP contribution is 2.31. The van der Waals surface area contributed by atoms with Crippen molar-refractivity contribution in [3.63, 3.8) is 0 Å². The number of nitrogens with one attached hydrogen (secondary N) is 1. The molecule has 0 spiro atoms. The Morgan fingerprint density at radius 3 is 2.66 bits per heavy atom. The third-order valence-electron chi connectivity index (χ3n) is 5.41. The van der Waals surface area contributed by atoms with E-state index >= 15 is 0 Å². The summed E-state index contributed by atoms with van der Waals surface area (Å²) in [6, 6.07) is 5.57. The van der Waals surface area contributed by atoms with Gasteiger partial charge in [0.25, 0.3) is 0 Å². The first-order chi connectivity index (χ1) is 14.1. The molecule has 1 aliphatic heterocycles. The summed E-state index contributed by atoms with van der Waals surface area (Å²) in [5, 5.41) is 2.97. The molecule has 1 aliphatic carbocycles. The highest BCUT2D eigenvalue weighted by atomic mass is 16.5. The van der Waals surface area contributed by atoms with E-state index in [1.54, 1.807) is 19.5 Å². The van der Waals surface area contributed by atoms with Crippen LogP contribution < -0.4 is 15.0 Å². The molecule has 2 heterocycles. The lowest BCUT2D eigenvalue weighted by molar-refractivity contribution is -0.127. The van der Waals surface area contributed by atoms with Gasteiger partial charge in [0.05, 0.1) is 31.7 Å². The number of amides is 1. The number of morpholine rings is 1. The van der Waals surface area contributed by atoms with Gasteiger partial charge in [-0.15, -0.1) is 0 Å². The van der Waals surface area contributed by atoms with E-state index in [-0.39, 0.29) is 17.9 Å². The highest BCUT2D eigenvalue weighted by molar-refractivity contribution is 5.93. The van der Waals surface area contributed by atoms with Crippen LogP contribution in [0.5, 0.6) is 11.6 Å². The quantitative estimate of drug-likeness (QED) is 0.801. The SMILES string of the molecule is COC1CC(C(=O)Nc2ccc(Oc3cnc(N4CCOCC4)cn3)c(C)c2)C1. The van der Waals surface area contributed by atoms with Crippen LogP contribution in [0.25, 0.3) is 0 Å². The van der Waals surface area contributed by atoms with Crippen molar-refractivity contribution in [2.45, 2.75) is 25.9 Å². The molecule has 154 valence electrons. The molecule has 4 rings (SSSR count). The van der Waals surface area contributed by atoms with E-state index in [0.717, 1.165) is 43.0 Å². The Morgan fingerprint density at radius 1 is 1.21 bits per heavy atom. The molecule has 2 aromatic rings. The van der Waals surface area contributed by atoms with E-state index in [9.17, 15) is 4.79 Å². The summed E-state index contributed by atoms with van der Waals surface area (Å²) >= 11 is 0. The van der Waals surface area contributed by atoms with Crippen molar-refractivity contribution in [3.05, 3.63) is 36.2 Å². The molecular weight excluding hydrogens is 372 g/mol. The number of methoxy groups -OCH3 is 1. The average molecular weight is 398 g/mol. The van der Waals surface area contributed by atoms with E-state index in [1.807, 2.05) is 25.1 Å². The first-order valence-corrected chi connectivity index (χ1v) is 9.89. The van der Waals surface area contributed by atoms with Crippen molar-refractivity contribution in [3.8, 4) is 11.6 Å². The number of hydrogen-bond acceptors (Lipinski definition) is 7. The topological polar surface area (TPSA) is 85.8 Å². The molecule has 1 saturated carbocycles. The summed E-state index contributed by atoms with van der Waals surface area (Å²) in [4.78, 5) is 23.2. The zero-order valence-corrected chi connectivity index (χ0v) is 16.8. The Morgan fingerprint density at radius 2 is 2.00 bits per heavy atom. The van der Waals surface area contributed by atoms with Gasteiger partial charge >= 0.3 is 0 Å². The molecule has 8 heteroatoms. The van der Waals surface area contributed by atoms with Crippen molar-refractivity contribution in [2.24, 2.45) is 5.92 Å². The van der Waals surface area contributed by atoms with Crippen molar-refractivity contribution >= 4 is 17.4 Å². The normalized spacial score (nSPS) is 21.4. The van der Waals surface area contributed by atoms with Crippen LogP contribution in [0.3, 0.4) is 0 Å². The minimum absolute atomic E-state index is 0.0245. The fourth-order valence-electron chi connectivity index (χ4n) is 3.49. The Labute approximate surface area is 170 Å². The van der Waals surface area contributed by atoms with Crippen molar-refractivity contribution in [1.82, 2.24) is 9.97 Å². The Bertz CT molecular complexity index is 846. The molecule has 1 amide bonds. The Kier molecular flexibility index (Phi) is 5.92. The summed E-state index contributed by atoms with van der Waals surface area (Å²) < 4.78 is 16.5. The third kappa shape index (κ3) is 4.65. The van der Waals surface area contributed by atoms with Crippen LogP contribution in [0.2, 0.25) is 0 Å². The third-order valence-corrected chi connectivity index (χ3v) is 5.41. The number of benzene rings is 1. The molecule has 0 bridgehead atoms. The minimum atomic E-state index is 0.0245. The van der Waals surface area contributed by atoms with E-state index < -0.39 is 0 Å². The van der Waals surface area contributed by atoms with Gasteiger partial charge < -0.3 is 24.4 Å². The van der Waals surface area contributed by atoms with Gasteiger partial charge in [-0.1, -0.05) is 0 Å². The average Bonchev–Trinajstić information content (AvgIpc) is 2.70. The lowest BCUT2D eigenvalue weighted by Crippen LogP contribution is -2.38. The van der Waals surface area contributed by atoms with E-state index in [4.69, 9.17) is 14.2 Å². The maximum Gasteiger partial charge on any atom is 0.237 e. The smallest absolute Gasteiger partial charge is 0.237 e. The van der Waals surface area contributed by atoms with Crippen LogP contribution >= 0.6 is 0 Å². The van der Waals surface area contributed by atoms with E-state index in [1.165, 1.54) is 0 Å². The number of ether oxygens (including phenoxy) is 3. The first kappa shape index (κ1) is 19.6. The first-order valence-electron chi connectivity index (χ1n) is 9.89. The van der Waals surface area contributed by atoms with Crippen molar-refractivity contribution in [1.29, 1.82) is 0 Å². The van der Waals surface area contributed by atoms with E-state index in [2.05, 4.69) is 20.2 Å². The number of aromatic nitrogens is 2. The van der Waals surface area contributed by atoms with Crippen molar-refractivity contribution in [2.75, 3.05) is 43.6 Å². The number of carbonyl (C=O) groups is 1. The van der Waals surface area contributed by atoms with Gasteiger partial charge in [-0.05, 0) is 43.5 Å². The number of aryl methyl sites for hydroxylation is 1. The summed E-state index contributed by atoms with van der Waals surface area (Å²) in [5.41, 5.74) is 1.67. The number of carbonyl (C=O) groups excluding carboxylic acids is 1. The van der Waals surface area contributed by atoms with Gasteiger partial charge in [0.15, 0.2) is 0 Å². The minimum Gasteiger partial charge on any atom is -0.437 e. The molecule has 2 aliphatic rings. The van der Waals surface area contributed by atoms with Crippen LogP contribution in [0.1, 0.15) is 18.4 Å². The summed E-state index contributed by atoms with van der Waals surface area (Å²) in [7, 11) is 1.68. The summed E-state index contributed by atoms with van der Waals surface area (Å²) in [6.45, 7) is 4.97. The van der Waals surface area contributed by atoms with Crippen LogP contribution in [0, 0.1) is 12.8 Å². The molecule has 1 saturated heterocycles. The standard InChI is InChI=1S/C21H26N4O4/c1-14-9-16(24-21(26)15-10-17(11-15)27-2)3-4-18(14)29-20-13-22-19(12-23-20)25-5-7-28-8-6-25/h3-4,9,12-13,15,17H,5-8,10-11H2,1-2H3,(H,24,26). The Hall–Kier alpha value is -2.71. The van der Waals surface area contributed by atoms with Gasteiger partial charge in [-0.2, -0.15) is 0 Å². The second-order valence-corrected chi connectivity index (χ2v) is 7.41. The van der Waals surface area contributed by atoms with Gasteiger partial charge in [-0.25, -0.2) is 9.97 Å². The number of hydrogen-bond donors (Lipinski definition) is 1. The predicted molar refractivity (Wildman–Crippen MR) is 108 cm³/mol. The molecule has 1 aromatic heterocycles. The zero-order chi connectivity index (χ0) is 20.2. The van der Waals surface area contributed by atoms with Crippen LogP contribution in [-0.2, 0) is 14.3 Å². The fourth-order valence-corrected chi connectivity index (χ4v) is 3.49. The van der Waals surface area contributed by atoms with Crippen molar-refractivity contribution < 1.29 is 19.0 Å². The molecular formula is C21H26N4O4. The second kappa shape index (κ2) is 8.75. The van der Waals surface area contributed by atoms with E-state index in [0.29, 0.717) is 24.8 Å². The molecule has 0 atom stereocenters. The highest BCUT2D eigenvalue weighted by Gasteiger charge is 2.34. The van der Waals surface area contributed by atoms with Gasteiger partial charge in [0.2, 0.25) is 11.8 Å². The molecule has 0 radical (unpaired) electrons. The predicted octanol–water partition coefficient (Wildman–Crippen LogP) is 2.78. The molecule has 29 heavy (non-hydrogen) atoms. The zero-order valence-electron chi connectivity index (χ0n) is 16.8. The molecule has 8 nitrogen and oxygen atoms in total. The fraction of sp³-hybridized carbons (Fsp3) is 0.476. The number of anilines is 2. The van der Waals surface area contributed by atoms with Crippen LogP contribution in [-0.4, -0.2) is 55.4 Å². The monoisotopic (exact) mass is 398 g/mol. The lowest BCUT2D eigenvalue weighted by atomic mass is 9.81. The van der Waals surface area contributed by atoms with Crippen LogP contribution in [0.4, 0.5) is 11.5 Å².